The molecule has 0 aliphatic carbocycles. The SMILES string of the molecule is C[C@@H]1[C@@H](c2ccc3c(c2)OCO3)c2cc3c(cc2O[C@H]1N1CCCCC1)OCO3. The number of piperidine rings is 1. The number of ether oxygens (including phenoxy) is 5. The number of rotatable bonds is 2. The molecule has 0 bridgehead atoms. The summed E-state index contributed by atoms with van der Waals surface area (Å²) in [6, 6.07) is 10.4. The van der Waals surface area contributed by atoms with Crippen LogP contribution in [-0.4, -0.2) is 37.8 Å². The molecule has 6 nitrogen and oxygen atoms in total. The maximum Gasteiger partial charge on any atom is 0.231 e. The van der Waals surface area contributed by atoms with Crippen molar-refractivity contribution in [3.05, 3.63) is 41.5 Å². The molecule has 0 radical (unpaired) electrons. The minimum atomic E-state index is 0.0404. The summed E-state index contributed by atoms with van der Waals surface area (Å²) in [5, 5.41) is 0. The van der Waals surface area contributed by atoms with E-state index in [1.807, 2.05) is 12.1 Å². The lowest BCUT2D eigenvalue weighted by Gasteiger charge is -2.44. The van der Waals surface area contributed by atoms with E-state index in [2.05, 4.69) is 30.0 Å². The second-order valence-corrected chi connectivity index (χ2v) is 8.30. The van der Waals surface area contributed by atoms with Crippen molar-refractivity contribution in [3.8, 4) is 28.7 Å². The van der Waals surface area contributed by atoms with Gasteiger partial charge in [-0.25, -0.2) is 0 Å². The Balaban J connectivity index is 1.45. The third-order valence-electron chi connectivity index (χ3n) is 6.57. The van der Waals surface area contributed by atoms with Gasteiger partial charge in [0, 0.05) is 36.6 Å². The third-order valence-corrected chi connectivity index (χ3v) is 6.57. The van der Waals surface area contributed by atoms with E-state index in [-0.39, 0.29) is 31.6 Å². The molecule has 1 fully saturated rings. The summed E-state index contributed by atoms with van der Waals surface area (Å²) >= 11 is 0. The Kier molecular flexibility index (Phi) is 4.01. The molecule has 152 valence electrons. The molecule has 6 heteroatoms. The first-order chi connectivity index (χ1) is 14.3. The fourth-order valence-corrected chi connectivity index (χ4v) is 5.14. The van der Waals surface area contributed by atoms with Crippen molar-refractivity contribution in [2.24, 2.45) is 5.92 Å². The maximum absolute atomic E-state index is 6.59. The van der Waals surface area contributed by atoms with Crippen LogP contribution < -0.4 is 23.7 Å². The Morgan fingerprint density at radius 2 is 1.45 bits per heavy atom. The first kappa shape index (κ1) is 17.3. The van der Waals surface area contributed by atoms with E-state index in [1.165, 1.54) is 24.8 Å². The minimum absolute atomic E-state index is 0.0404. The lowest BCUT2D eigenvalue weighted by atomic mass is 9.77. The fourth-order valence-electron chi connectivity index (χ4n) is 5.14. The van der Waals surface area contributed by atoms with Crippen LogP contribution in [0.2, 0.25) is 0 Å². The highest BCUT2D eigenvalue weighted by Crippen LogP contribution is 2.51. The standard InChI is InChI=1S/C23H25NO5/c1-14-22(15-5-6-17-19(9-15)26-12-25-17)16-10-20-21(28-13-27-20)11-18(16)29-23(14)24-7-3-2-4-8-24/h5-6,9-11,14,22-23H,2-4,7-8,12-13H2,1H3/t14-,22+,23-/m1/s1. The normalized spacial score (nSPS) is 27.4. The molecule has 2 aromatic rings. The lowest BCUT2D eigenvalue weighted by molar-refractivity contribution is -0.0403. The smallest absolute Gasteiger partial charge is 0.231 e. The van der Waals surface area contributed by atoms with Crippen LogP contribution >= 0.6 is 0 Å². The van der Waals surface area contributed by atoms with Crippen molar-refractivity contribution in [1.29, 1.82) is 0 Å². The Morgan fingerprint density at radius 1 is 0.759 bits per heavy atom. The summed E-state index contributed by atoms with van der Waals surface area (Å²) in [6.45, 7) is 5.01. The predicted molar refractivity (Wildman–Crippen MR) is 106 cm³/mol. The van der Waals surface area contributed by atoms with Crippen molar-refractivity contribution in [1.82, 2.24) is 4.90 Å². The van der Waals surface area contributed by atoms with Gasteiger partial charge in [0.1, 0.15) is 5.75 Å². The molecule has 0 N–H and O–H groups in total. The quantitative estimate of drug-likeness (QED) is 0.763. The van der Waals surface area contributed by atoms with Gasteiger partial charge < -0.3 is 23.7 Å². The van der Waals surface area contributed by atoms with Crippen molar-refractivity contribution in [2.45, 2.75) is 38.3 Å². The van der Waals surface area contributed by atoms with Gasteiger partial charge in [-0.1, -0.05) is 19.4 Å². The maximum atomic E-state index is 6.59. The van der Waals surface area contributed by atoms with Crippen LogP contribution in [0.4, 0.5) is 0 Å². The molecular weight excluding hydrogens is 370 g/mol. The van der Waals surface area contributed by atoms with E-state index in [0.717, 1.165) is 47.4 Å². The second-order valence-electron chi connectivity index (χ2n) is 8.30. The van der Waals surface area contributed by atoms with Crippen molar-refractivity contribution in [2.75, 3.05) is 26.7 Å². The Bertz CT molecular complexity index is 939. The van der Waals surface area contributed by atoms with E-state index in [0.29, 0.717) is 0 Å². The topological polar surface area (TPSA) is 49.4 Å². The largest absolute Gasteiger partial charge is 0.474 e. The van der Waals surface area contributed by atoms with Gasteiger partial charge in [0.25, 0.3) is 0 Å². The number of hydrogen-bond donors (Lipinski definition) is 0. The van der Waals surface area contributed by atoms with Crippen LogP contribution in [0.25, 0.3) is 0 Å². The molecule has 0 spiro atoms. The van der Waals surface area contributed by atoms with Crippen molar-refractivity contribution < 1.29 is 23.7 Å². The molecule has 3 atom stereocenters. The number of fused-ring (bicyclic) bond motifs is 3. The zero-order valence-electron chi connectivity index (χ0n) is 16.6. The van der Waals surface area contributed by atoms with E-state index in [1.54, 1.807) is 0 Å². The van der Waals surface area contributed by atoms with E-state index in [4.69, 9.17) is 23.7 Å². The van der Waals surface area contributed by atoms with E-state index >= 15 is 0 Å². The third kappa shape index (κ3) is 2.81. The van der Waals surface area contributed by atoms with Crippen molar-refractivity contribution >= 4 is 0 Å². The molecule has 2 aromatic carbocycles. The van der Waals surface area contributed by atoms with Crippen LogP contribution in [0, 0.1) is 5.92 Å². The first-order valence-corrected chi connectivity index (χ1v) is 10.5. The highest BCUT2D eigenvalue weighted by atomic mass is 16.7. The highest BCUT2D eigenvalue weighted by molar-refractivity contribution is 5.57. The van der Waals surface area contributed by atoms with Gasteiger partial charge in [0.2, 0.25) is 13.6 Å². The van der Waals surface area contributed by atoms with Crippen LogP contribution in [0.15, 0.2) is 30.3 Å². The Hall–Kier alpha value is -2.60. The molecule has 4 heterocycles. The van der Waals surface area contributed by atoms with Gasteiger partial charge in [0.05, 0.1) is 0 Å². The zero-order valence-corrected chi connectivity index (χ0v) is 16.6. The van der Waals surface area contributed by atoms with Crippen molar-refractivity contribution in [3.63, 3.8) is 0 Å². The summed E-state index contributed by atoms with van der Waals surface area (Å²) in [7, 11) is 0. The summed E-state index contributed by atoms with van der Waals surface area (Å²) < 4.78 is 29.1. The van der Waals surface area contributed by atoms with Gasteiger partial charge in [-0.05, 0) is 36.6 Å². The molecular formula is C23H25NO5. The van der Waals surface area contributed by atoms with Gasteiger partial charge in [0.15, 0.2) is 29.2 Å². The van der Waals surface area contributed by atoms with Gasteiger partial charge in [-0.15, -0.1) is 0 Å². The molecule has 0 saturated carbocycles. The minimum Gasteiger partial charge on any atom is -0.474 e. The van der Waals surface area contributed by atoms with E-state index in [9.17, 15) is 0 Å². The van der Waals surface area contributed by atoms with E-state index < -0.39 is 0 Å². The van der Waals surface area contributed by atoms with Gasteiger partial charge in [-0.3, -0.25) is 4.90 Å². The summed E-state index contributed by atoms with van der Waals surface area (Å²) in [4.78, 5) is 2.50. The monoisotopic (exact) mass is 395 g/mol. The number of likely N-dealkylation sites (tertiary alicyclic amines) is 1. The number of nitrogens with zero attached hydrogens (tertiary/aromatic N) is 1. The van der Waals surface area contributed by atoms with Crippen LogP contribution in [0.1, 0.15) is 43.2 Å². The average Bonchev–Trinajstić information content (AvgIpc) is 3.41. The first-order valence-electron chi connectivity index (χ1n) is 10.5. The Morgan fingerprint density at radius 3 is 2.24 bits per heavy atom. The molecule has 4 aliphatic heterocycles. The molecule has 1 saturated heterocycles. The second kappa shape index (κ2) is 6.73. The Labute approximate surface area is 170 Å². The van der Waals surface area contributed by atoms with Crippen LogP contribution in [0.5, 0.6) is 28.7 Å². The summed E-state index contributed by atoms with van der Waals surface area (Å²) in [6.07, 6.45) is 3.81. The predicted octanol–water partition coefficient (Wildman–Crippen LogP) is 4.12. The molecule has 29 heavy (non-hydrogen) atoms. The summed E-state index contributed by atoms with van der Waals surface area (Å²) in [5.41, 5.74) is 2.36. The molecule has 0 amide bonds. The lowest BCUT2D eigenvalue weighted by Crippen LogP contribution is -2.50. The highest BCUT2D eigenvalue weighted by Gasteiger charge is 2.41. The van der Waals surface area contributed by atoms with Gasteiger partial charge >= 0.3 is 0 Å². The summed E-state index contributed by atoms with van der Waals surface area (Å²) in [5.74, 6) is 4.54. The van der Waals surface area contributed by atoms with Crippen LogP contribution in [-0.2, 0) is 0 Å². The van der Waals surface area contributed by atoms with Gasteiger partial charge in [-0.2, -0.15) is 0 Å². The fraction of sp³-hybridized carbons (Fsp3) is 0.478. The number of benzene rings is 2. The molecule has 0 unspecified atom stereocenters. The molecule has 4 aliphatic rings. The molecule has 6 rings (SSSR count). The average molecular weight is 395 g/mol. The zero-order chi connectivity index (χ0) is 19.4. The van der Waals surface area contributed by atoms with Crippen LogP contribution in [0.3, 0.4) is 0 Å². The molecule has 0 aromatic heterocycles. The number of hydrogen-bond acceptors (Lipinski definition) is 6.